The minimum absolute atomic E-state index is 0.261. The molecule has 68 valence electrons. The van der Waals surface area contributed by atoms with Crippen LogP contribution in [0.4, 0.5) is 0 Å². The van der Waals surface area contributed by atoms with Crippen molar-refractivity contribution in [3.05, 3.63) is 22.8 Å². The van der Waals surface area contributed by atoms with E-state index in [9.17, 15) is 0 Å². The van der Waals surface area contributed by atoms with Crippen molar-refractivity contribution < 1.29 is 0 Å². The number of rotatable bonds is 2. The van der Waals surface area contributed by atoms with Crippen molar-refractivity contribution in [3.63, 3.8) is 0 Å². The molecule has 0 amide bonds. The zero-order chi connectivity index (χ0) is 9.31. The van der Waals surface area contributed by atoms with Gasteiger partial charge in [0.1, 0.15) is 0 Å². The van der Waals surface area contributed by atoms with Gasteiger partial charge in [-0.25, -0.2) is 13.1 Å². The van der Waals surface area contributed by atoms with Crippen molar-refractivity contribution in [2.24, 2.45) is 17.3 Å². The molecule has 0 radical (unpaired) electrons. The van der Waals surface area contributed by atoms with Gasteiger partial charge in [0.05, 0.1) is 5.41 Å². The maximum Gasteiger partial charge on any atom is 0.220 e. The zero-order valence-corrected chi connectivity index (χ0v) is 7.79. The van der Waals surface area contributed by atoms with Crippen LogP contribution in [0.25, 0.3) is 9.69 Å². The maximum atomic E-state index is 6.98. The van der Waals surface area contributed by atoms with Crippen LogP contribution >= 0.6 is 0 Å². The molecule has 0 heterocycles. The molecule has 13 heavy (non-hydrogen) atoms. The van der Waals surface area contributed by atoms with Crippen molar-refractivity contribution in [1.82, 2.24) is 0 Å². The van der Waals surface area contributed by atoms with Crippen LogP contribution in [0.5, 0.6) is 0 Å². The van der Waals surface area contributed by atoms with Gasteiger partial charge in [-0.15, -0.1) is 0 Å². The Balaban J connectivity index is 2.14. The van der Waals surface area contributed by atoms with Crippen molar-refractivity contribution in [3.8, 4) is 0 Å². The van der Waals surface area contributed by atoms with Gasteiger partial charge in [0.2, 0.25) is 13.1 Å². The molecule has 0 N–H and O–H groups in total. The van der Waals surface area contributed by atoms with Crippen molar-refractivity contribution >= 4 is 0 Å². The average molecular weight is 174 g/mol. The lowest BCUT2D eigenvalue weighted by Gasteiger charge is -2.26. The van der Waals surface area contributed by atoms with Gasteiger partial charge in [0.25, 0.3) is 0 Å². The van der Waals surface area contributed by atoms with Crippen molar-refractivity contribution in [2.45, 2.75) is 25.7 Å². The lowest BCUT2D eigenvalue weighted by Crippen LogP contribution is -2.29. The molecule has 0 spiro atoms. The van der Waals surface area contributed by atoms with Crippen LogP contribution in [0.1, 0.15) is 25.7 Å². The summed E-state index contributed by atoms with van der Waals surface area (Å²) in [4.78, 5) is 7.08. The minimum Gasteiger partial charge on any atom is -0.317 e. The Hall–Kier alpha value is -1.02. The van der Waals surface area contributed by atoms with Crippen LogP contribution in [0, 0.1) is 30.4 Å². The van der Waals surface area contributed by atoms with E-state index in [1.54, 1.807) is 0 Å². The average Bonchev–Trinajstić information content (AvgIpc) is 2.63. The summed E-state index contributed by atoms with van der Waals surface area (Å²) >= 11 is 0. The summed E-state index contributed by atoms with van der Waals surface area (Å²) in [6, 6.07) is 0. The first kappa shape index (κ1) is 8.57. The molecule has 0 aliphatic heterocycles. The third kappa shape index (κ3) is 1.22. The summed E-state index contributed by atoms with van der Waals surface area (Å²) < 4.78 is 0. The second kappa shape index (κ2) is 3.04. The van der Waals surface area contributed by atoms with Crippen LogP contribution < -0.4 is 0 Å². The third-order valence-corrected chi connectivity index (χ3v) is 3.94. The summed E-state index contributed by atoms with van der Waals surface area (Å²) in [5, 5.41) is 0. The Morgan fingerprint density at radius 3 is 2.77 bits per heavy atom. The quantitative estimate of drug-likeness (QED) is 0.569. The molecular weight excluding hydrogens is 160 g/mol. The highest BCUT2D eigenvalue weighted by Crippen LogP contribution is 2.57. The molecule has 0 aromatic heterocycles. The Bertz CT molecular complexity index is 283. The molecule has 2 nitrogen and oxygen atoms in total. The van der Waals surface area contributed by atoms with Gasteiger partial charge in [-0.05, 0) is 31.6 Å². The van der Waals surface area contributed by atoms with E-state index in [4.69, 9.17) is 13.1 Å². The highest BCUT2D eigenvalue weighted by molar-refractivity contribution is 5.06. The zero-order valence-electron chi connectivity index (χ0n) is 7.79. The number of nitrogens with zero attached hydrogens (tertiary/aromatic N) is 2. The number of hydrogen-bond acceptors (Lipinski definition) is 0. The van der Waals surface area contributed by atoms with Gasteiger partial charge in [-0.1, -0.05) is 0 Å². The summed E-state index contributed by atoms with van der Waals surface area (Å²) in [7, 11) is 0. The van der Waals surface area contributed by atoms with Crippen molar-refractivity contribution in [1.29, 1.82) is 0 Å². The highest BCUT2D eigenvalue weighted by atomic mass is 14.8. The molecule has 2 bridgehead atoms. The van der Waals surface area contributed by atoms with E-state index in [2.05, 4.69) is 9.69 Å². The maximum absolute atomic E-state index is 6.98. The Kier molecular flexibility index (Phi) is 2.00. The summed E-state index contributed by atoms with van der Waals surface area (Å²) in [6.45, 7) is 15.2. The van der Waals surface area contributed by atoms with E-state index in [0.717, 1.165) is 5.92 Å². The molecule has 2 fully saturated rings. The Labute approximate surface area is 79.6 Å². The van der Waals surface area contributed by atoms with E-state index in [0.29, 0.717) is 19.0 Å². The largest absolute Gasteiger partial charge is 0.317 e. The summed E-state index contributed by atoms with van der Waals surface area (Å²) in [5.74, 6) is 1.38. The van der Waals surface area contributed by atoms with Gasteiger partial charge in [-0.3, -0.25) is 0 Å². The smallest absolute Gasteiger partial charge is 0.220 e. The SMILES string of the molecule is [C-]#[N+]CC1CC2CCC1(C[N+]#[C-])C2. The van der Waals surface area contributed by atoms with Crippen LogP contribution in [0.15, 0.2) is 0 Å². The molecule has 2 aliphatic carbocycles. The van der Waals surface area contributed by atoms with Crippen molar-refractivity contribution in [2.75, 3.05) is 13.1 Å². The van der Waals surface area contributed by atoms with Crippen LogP contribution in [0.2, 0.25) is 0 Å². The van der Waals surface area contributed by atoms with Gasteiger partial charge >= 0.3 is 0 Å². The fourth-order valence-electron chi connectivity index (χ4n) is 3.30. The monoisotopic (exact) mass is 174 g/mol. The molecule has 0 aromatic carbocycles. The molecule has 2 saturated carbocycles. The van der Waals surface area contributed by atoms with Gasteiger partial charge in [-0.2, -0.15) is 0 Å². The topological polar surface area (TPSA) is 8.72 Å². The number of hydrogen-bond donors (Lipinski definition) is 0. The standard InChI is InChI=1S/C11H14N2/c1-12-7-10-5-9-3-4-11(10,6-9)8-13-2/h9-10H,3-8H2. The summed E-state index contributed by atoms with van der Waals surface area (Å²) in [6.07, 6.45) is 4.97. The first-order valence-electron chi connectivity index (χ1n) is 4.97. The van der Waals surface area contributed by atoms with E-state index in [1.165, 1.54) is 25.7 Å². The third-order valence-electron chi connectivity index (χ3n) is 3.94. The molecule has 3 atom stereocenters. The van der Waals surface area contributed by atoms with Gasteiger partial charge < -0.3 is 9.69 Å². The molecule has 2 heteroatoms. The second-order valence-electron chi connectivity index (χ2n) is 4.56. The van der Waals surface area contributed by atoms with Gasteiger partial charge in [0.15, 0.2) is 0 Å². The van der Waals surface area contributed by atoms with E-state index in [-0.39, 0.29) is 5.41 Å². The Morgan fingerprint density at radius 1 is 1.31 bits per heavy atom. The summed E-state index contributed by atoms with van der Waals surface area (Å²) in [5.41, 5.74) is 0.261. The lowest BCUT2D eigenvalue weighted by atomic mass is 9.75. The van der Waals surface area contributed by atoms with Crippen LogP contribution in [-0.2, 0) is 0 Å². The predicted octanol–water partition coefficient (Wildman–Crippen LogP) is 2.63. The molecular formula is C11H14N2. The fourth-order valence-corrected chi connectivity index (χ4v) is 3.30. The van der Waals surface area contributed by atoms with E-state index >= 15 is 0 Å². The first-order chi connectivity index (χ1) is 6.30. The van der Waals surface area contributed by atoms with Crippen LogP contribution in [0.3, 0.4) is 0 Å². The number of fused-ring (bicyclic) bond motifs is 2. The van der Waals surface area contributed by atoms with Gasteiger partial charge in [0, 0.05) is 5.92 Å². The fraction of sp³-hybridized carbons (Fsp3) is 0.818. The molecule has 0 aromatic rings. The molecule has 2 rings (SSSR count). The molecule has 0 saturated heterocycles. The predicted molar refractivity (Wildman–Crippen MR) is 50.8 cm³/mol. The molecule has 2 aliphatic rings. The molecule has 3 unspecified atom stereocenters. The highest BCUT2D eigenvalue weighted by Gasteiger charge is 2.55. The lowest BCUT2D eigenvalue weighted by molar-refractivity contribution is 0.220. The van der Waals surface area contributed by atoms with E-state index < -0.39 is 0 Å². The van der Waals surface area contributed by atoms with E-state index in [1.807, 2.05) is 0 Å². The normalized spacial score (nSPS) is 41.4. The Morgan fingerprint density at radius 2 is 2.15 bits per heavy atom. The second-order valence-corrected chi connectivity index (χ2v) is 4.56. The first-order valence-corrected chi connectivity index (χ1v) is 4.97. The van der Waals surface area contributed by atoms with Crippen LogP contribution in [-0.4, -0.2) is 13.1 Å². The minimum atomic E-state index is 0.261.